The van der Waals surface area contributed by atoms with E-state index in [1.165, 1.54) is 0 Å². The summed E-state index contributed by atoms with van der Waals surface area (Å²) in [5, 5.41) is 26.6. The zero-order valence-electron chi connectivity index (χ0n) is 10.9. The van der Waals surface area contributed by atoms with E-state index in [0.717, 1.165) is 11.3 Å². The highest BCUT2D eigenvalue weighted by molar-refractivity contribution is 5.74. The molecule has 1 atom stereocenters. The van der Waals surface area contributed by atoms with E-state index in [1.807, 2.05) is 14.0 Å². The molecule has 1 aromatic rings. The van der Waals surface area contributed by atoms with Crippen molar-refractivity contribution in [3.8, 4) is 0 Å². The lowest BCUT2D eigenvalue weighted by molar-refractivity contribution is -0.146. The molecule has 8 heteroatoms. The minimum Gasteiger partial charge on any atom is -0.479 e. The highest BCUT2D eigenvalue weighted by Gasteiger charge is 2.12. The monoisotopic (exact) mass is 270 g/mol. The lowest BCUT2D eigenvalue weighted by Gasteiger charge is -2.08. The number of rotatable bonds is 6. The molecule has 106 valence electrons. The Morgan fingerprint density at radius 2 is 2.16 bits per heavy atom. The summed E-state index contributed by atoms with van der Waals surface area (Å²) in [7, 11) is 1.81. The molecule has 0 fully saturated rings. The number of hydrogen-bond donors (Lipinski definition) is 4. The second-order valence-electron chi connectivity index (χ2n) is 4.13. The van der Waals surface area contributed by atoms with Gasteiger partial charge in [0.1, 0.15) is 0 Å². The number of urea groups is 1. The quantitative estimate of drug-likeness (QED) is 0.549. The smallest absolute Gasteiger partial charge is 0.332 e. The summed E-state index contributed by atoms with van der Waals surface area (Å²) in [5.74, 6) is -1.30. The first-order valence-electron chi connectivity index (χ1n) is 5.82. The Morgan fingerprint density at radius 3 is 2.68 bits per heavy atom. The largest absolute Gasteiger partial charge is 0.479 e. The number of carbonyl (C=O) groups excluding carboxylic acids is 1. The number of carboxylic acids is 1. The van der Waals surface area contributed by atoms with E-state index in [0.29, 0.717) is 6.54 Å². The van der Waals surface area contributed by atoms with Crippen LogP contribution in [0.5, 0.6) is 0 Å². The fourth-order valence-corrected chi connectivity index (χ4v) is 1.40. The Morgan fingerprint density at radius 1 is 1.47 bits per heavy atom. The summed E-state index contributed by atoms with van der Waals surface area (Å²) in [4.78, 5) is 21.7. The lowest BCUT2D eigenvalue weighted by Crippen LogP contribution is -2.37. The van der Waals surface area contributed by atoms with Crippen LogP contribution in [0.1, 0.15) is 17.7 Å². The van der Waals surface area contributed by atoms with Crippen LogP contribution in [-0.2, 0) is 18.4 Å². The predicted octanol–water partition coefficient (Wildman–Crippen LogP) is -0.637. The van der Waals surface area contributed by atoms with Gasteiger partial charge < -0.3 is 20.8 Å². The molecule has 2 amide bonds. The van der Waals surface area contributed by atoms with Crippen molar-refractivity contribution in [2.75, 3.05) is 6.54 Å². The Labute approximate surface area is 110 Å². The average Bonchev–Trinajstić information content (AvgIpc) is 2.67. The van der Waals surface area contributed by atoms with Crippen LogP contribution in [0.25, 0.3) is 0 Å². The second kappa shape index (κ2) is 6.74. The molecule has 0 bridgehead atoms. The summed E-state index contributed by atoms with van der Waals surface area (Å²) in [6, 6.07) is -0.416. The van der Waals surface area contributed by atoms with E-state index in [2.05, 4.69) is 15.7 Å². The lowest BCUT2D eigenvalue weighted by atomic mass is 10.2. The van der Waals surface area contributed by atoms with Crippen LogP contribution in [0.15, 0.2) is 6.20 Å². The predicted molar refractivity (Wildman–Crippen MR) is 66.4 cm³/mol. The van der Waals surface area contributed by atoms with E-state index < -0.39 is 18.1 Å². The van der Waals surface area contributed by atoms with E-state index in [-0.39, 0.29) is 13.0 Å². The molecule has 0 saturated carbocycles. The molecule has 8 nitrogen and oxygen atoms in total. The van der Waals surface area contributed by atoms with Crippen LogP contribution < -0.4 is 10.6 Å². The number of nitrogens with one attached hydrogen (secondary N) is 2. The SMILES string of the molecule is Cc1c(CNC(=O)NCCC(O)C(=O)O)cnn1C. The first-order chi connectivity index (χ1) is 8.91. The van der Waals surface area contributed by atoms with Gasteiger partial charge in [-0.1, -0.05) is 0 Å². The number of aliphatic hydroxyl groups excluding tert-OH is 1. The molecular weight excluding hydrogens is 252 g/mol. The fraction of sp³-hybridized carbons (Fsp3) is 0.545. The van der Waals surface area contributed by atoms with Crippen molar-refractivity contribution >= 4 is 12.0 Å². The van der Waals surface area contributed by atoms with Gasteiger partial charge in [0.2, 0.25) is 0 Å². The number of nitrogens with zero attached hydrogens (tertiary/aromatic N) is 2. The molecule has 0 spiro atoms. The first kappa shape index (κ1) is 15.0. The molecule has 4 N–H and O–H groups in total. The van der Waals surface area contributed by atoms with E-state index in [9.17, 15) is 9.59 Å². The molecular formula is C11H18N4O4. The van der Waals surface area contributed by atoms with Gasteiger partial charge in [0.15, 0.2) is 6.10 Å². The van der Waals surface area contributed by atoms with Gasteiger partial charge in [-0.05, 0) is 6.92 Å². The minimum atomic E-state index is -1.46. The van der Waals surface area contributed by atoms with Crippen molar-refractivity contribution < 1.29 is 19.8 Å². The third kappa shape index (κ3) is 4.59. The fourth-order valence-electron chi connectivity index (χ4n) is 1.40. The van der Waals surface area contributed by atoms with Crippen molar-refractivity contribution in [3.05, 3.63) is 17.5 Å². The molecule has 1 unspecified atom stereocenters. The molecule has 0 aliphatic carbocycles. The maximum Gasteiger partial charge on any atom is 0.332 e. The molecule has 0 saturated heterocycles. The molecule has 1 aromatic heterocycles. The summed E-state index contributed by atoms with van der Waals surface area (Å²) < 4.78 is 1.71. The number of aromatic nitrogens is 2. The maximum atomic E-state index is 11.4. The highest BCUT2D eigenvalue weighted by atomic mass is 16.4. The number of aryl methyl sites for hydroxylation is 1. The van der Waals surface area contributed by atoms with Crippen molar-refractivity contribution in [1.29, 1.82) is 0 Å². The minimum absolute atomic E-state index is 0.0331. The molecule has 0 aromatic carbocycles. The maximum absolute atomic E-state index is 11.4. The van der Waals surface area contributed by atoms with Crippen molar-refractivity contribution in [3.63, 3.8) is 0 Å². The number of aliphatic carboxylic acids is 1. The van der Waals surface area contributed by atoms with Gasteiger partial charge in [0, 0.05) is 37.8 Å². The van der Waals surface area contributed by atoms with Gasteiger partial charge in [-0.2, -0.15) is 5.10 Å². The standard InChI is InChI=1S/C11H18N4O4/c1-7-8(6-14-15(7)2)5-13-11(19)12-4-3-9(16)10(17)18/h6,9,16H,3-5H2,1-2H3,(H,17,18)(H2,12,13,19). The Balaban J connectivity index is 2.25. The third-order valence-corrected chi connectivity index (χ3v) is 2.76. The van der Waals surface area contributed by atoms with Crippen LogP contribution in [0.4, 0.5) is 4.79 Å². The van der Waals surface area contributed by atoms with Crippen molar-refractivity contribution in [2.45, 2.75) is 26.0 Å². The van der Waals surface area contributed by atoms with Gasteiger partial charge in [0.05, 0.1) is 6.20 Å². The molecule has 0 aliphatic rings. The summed E-state index contributed by atoms with van der Waals surface area (Å²) >= 11 is 0. The molecule has 0 aliphatic heterocycles. The van der Waals surface area contributed by atoms with Crippen molar-refractivity contribution in [1.82, 2.24) is 20.4 Å². The first-order valence-corrected chi connectivity index (χ1v) is 5.82. The molecule has 1 rings (SSSR count). The van der Waals surface area contributed by atoms with Gasteiger partial charge in [-0.15, -0.1) is 0 Å². The summed E-state index contributed by atoms with van der Waals surface area (Å²) in [6.45, 7) is 2.32. The Hall–Kier alpha value is -2.09. The zero-order chi connectivity index (χ0) is 14.4. The third-order valence-electron chi connectivity index (χ3n) is 2.76. The van der Waals surface area contributed by atoms with Crippen LogP contribution >= 0.6 is 0 Å². The van der Waals surface area contributed by atoms with Crippen LogP contribution in [0.3, 0.4) is 0 Å². The van der Waals surface area contributed by atoms with Gasteiger partial charge >= 0.3 is 12.0 Å². The van der Waals surface area contributed by atoms with Gasteiger partial charge in [0.25, 0.3) is 0 Å². The summed E-state index contributed by atoms with van der Waals surface area (Å²) in [6.07, 6.45) is 0.180. The van der Waals surface area contributed by atoms with Gasteiger partial charge in [-0.3, -0.25) is 4.68 Å². The van der Waals surface area contributed by atoms with Gasteiger partial charge in [-0.25, -0.2) is 9.59 Å². The normalized spacial score (nSPS) is 11.9. The Kier molecular flexibility index (Phi) is 5.31. The van der Waals surface area contributed by atoms with Crippen LogP contribution in [0.2, 0.25) is 0 Å². The highest BCUT2D eigenvalue weighted by Crippen LogP contribution is 2.04. The van der Waals surface area contributed by atoms with E-state index >= 15 is 0 Å². The Bertz CT molecular complexity index is 458. The number of amides is 2. The second-order valence-corrected chi connectivity index (χ2v) is 4.13. The van der Waals surface area contributed by atoms with E-state index in [1.54, 1.807) is 10.9 Å². The zero-order valence-corrected chi connectivity index (χ0v) is 10.9. The van der Waals surface area contributed by atoms with E-state index in [4.69, 9.17) is 10.2 Å². The van der Waals surface area contributed by atoms with Crippen molar-refractivity contribution in [2.24, 2.45) is 7.05 Å². The number of aliphatic hydroxyl groups is 1. The number of carboxylic acid groups (broad SMARTS) is 1. The molecule has 1 heterocycles. The number of carbonyl (C=O) groups is 2. The molecule has 19 heavy (non-hydrogen) atoms. The topological polar surface area (TPSA) is 116 Å². The average molecular weight is 270 g/mol. The van der Waals surface area contributed by atoms with Crippen LogP contribution in [0, 0.1) is 6.92 Å². The molecule has 0 radical (unpaired) electrons. The summed E-state index contributed by atoms with van der Waals surface area (Å²) in [5.41, 5.74) is 1.87. The number of hydrogen-bond acceptors (Lipinski definition) is 4. The van der Waals surface area contributed by atoms with Crippen LogP contribution in [-0.4, -0.2) is 44.6 Å².